The zero-order valence-electron chi connectivity index (χ0n) is 15.3. The normalized spacial score (nSPS) is 18.0. The second kappa shape index (κ2) is 8.86. The number of aromatic nitrogens is 3. The number of carbonyl (C=O) groups is 1. The maximum Gasteiger partial charge on any atom is 0.224 e. The Labute approximate surface area is 153 Å². The Bertz CT molecular complexity index is 706. The van der Waals surface area contributed by atoms with Crippen LogP contribution in [-0.2, 0) is 22.6 Å². The van der Waals surface area contributed by atoms with Crippen molar-refractivity contribution in [2.45, 2.75) is 39.4 Å². The molecule has 1 saturated heterocycles. The van der Waals surface area contributed by atoms with Gasteiger partial charge in [0.2, 0.25) is 11.8 Å². The summed E-state index contributed by atoms with van der Waals surface area (Å²) >= 11 is 0. The van der Waals surface area contributed by atoms with Crippen LogP contribution in [0.2, 0.25) is 0 Å². The van der Waals surface area contributed by atoms with E-state index in [0.717, 1.165) is 13.1 Å². The summed E-state index contributed by atoms with van der Waals surface area (Å²) < 4.78 is 10.6. The number of amides is 1. The number of hydrogen-bond acceptors (Lipinski definition) is 7. The molecule has 1 unspecified atom stereocenters. The van der Waals surface area contributed by atoms with Crippen LogP contribution in [0, 0.1) is 6.92 Å². The molecule has 0 spiro atoms. The minimum atomic E-state index is 0.0606. The van der Waals surface area contributed by atoms with Gasteiger partial charge in [0.15, 0.2) is 5.82 Å². The van der Waals surface area contributed by atoms with Crippen LogP contribution in [0.25, 0.3) is 0 Å². The van der Waals surface area contributed by atoms with Gasteiger partial charge < -0.3 is 14.2 Å². The number of carbonyl (C=O) groups excluding carboxylic acids is 1. The molecule has 0 bridgehead atoms. The molecular weight excluding hydrogens is 334 g/mol. The fourth-order valence-corrected chi connectivity index (χ4v) is 3.09. The van der Waals surface area contributed by atoms with E-state index in [1.807, 2.05) is 19.1 Å². The molecule has 1 atom stereocenters. The molecule has 8 nitrogen and oxygen atoms in total. The van der Waals surface area contributed by atoms with Gasteiger partial charge in [-0.05, 0) is 24.6 Å². The van der Waals surface area contributed by atoms with Gasteiger partial charge in [-0.1, -0.05) is 5.16 Å². The average Bonchev–Trinajstić information content (AvgIpc) is 3.07. The molecule has 140 valence electrons. The Balaban J connectivity index is 1.61. The van der Waals surface area contributed by atoms with Gasteiger partial charge in [0.25, 0.3) is 0 Å². The van der Waals surface area contributed by atoms with Crippen molar-refractivity contribution in [2.75, 3.05) is 26.3 Å². The van der Waals surface area contributed by atoms with Crippen LogP contribution < -0.4 is 0 Å². The first-order valence-electron chi connectivity index (χ1n) is 8.93. The first-order chi connectivity index (χ1) is 12.7. The summed E-state index contributed by atoms with van der Waals surface area (Å²) in [6, 6.07) is 4.07. The minimum Gasteiger partial charge on any atom is -0.378 e. The van der Waals surface area contributed by atoms with Crippen LogP contribution in [0.4, 0.5) is 0 Å². The van der Waals surface area contributed by atoms with Crippen LogP contribution in [0.3, 0.4) is 0 Å². The molecule has 1 amide bonds. The van der Waals surface area contributed by atoms with E-state index in [4.69, 9.17) is 9.26 Å². The highest BCUT2D eigenvalue weighted by Crippen LogP contribution is 2.16. The maximum absolute atomic E-state index is 12.8. The molecule has 0 N–H and O–H groups in total. The molecule has 3 heterocycles. The topological polar surface area (TPSA) is 84.6 Å². The third-order valence-electron chi connectivity index (χ3n) is 4.53. The largest absolute Gasteiger partial charge is 0.378 e. The van der Waals surface area contributed by atoms with Crippen LogP contribution >= 0.6 is 0 Å². The van der Waals surface area contributed by atoms with Crippen molar-refractivity contribution in [3.05, 3.63) is 41.8 Å². The van der Waals surface area contributed by atoms with E-state index in [9.17, 15) is 4.79 Å². The molecule has 8 heteroatoms. The van der Waals surface area contributed by atoms with Crippen LogP contribution in [0.15, 0.2) is 29.0 Å². The molecule has 0 aromatic carbocycles. The lowest BCUT2D eigenvalue weighted by molar-refractivity contribution is -0.135. The second-order valence-electron chi connectivity index (χ2n) is 6.40. The number of nitrogens with zero attached hydrogens (tertiary/aromatic N) is 5. The molecule has 0 saturated carbocycles. The number of aryl methyl sites for hydroxylation is 1. The Morgan fingerprint density at radius 1 is 1.38 bits per heavy atom. The van der Waals surface area contributed by atoms with E-state index < -0.39 is 0 Å². The van der Waals surface area contributed by atoms with E-state index >= 15 is 0 Å². The fraction of sp³-hybridized carbons (Fsp3) is 0.556. The number of pyridine rings is 1. The maximum atomic E-state index is 12.8. The molecule has 0 aliphatic carbocycles. The van der Waals surface area contributed by atoms with E-state index in [1.165, 1.54) is 5.56 Å². The van der Waals surface area contributed by atoms with Gasteiger partial charge in [-0.15, -0.1) is 0 Å². The van der Waals surface area contributed by atoms with Crippen molar-refractivity contribution in [1.82, 2.24) is 24.9 Å². The quantitative estimate of drug-likeness (QED) is 0.739. The molecule has 1 aliphatic heterocycles. The van der Waals surface area contributed by atoms with Crippen molar-refractivity contribution < 1.29 is 14.1 Å². The molecule has 0 radical (unpaired) electrons. The van der Waals surface area contributed by atoms with Crippen molar-refractivity contribution >= 4 is 5.91 Å². The highest BCUT2D eigenvalue weighted by atomic mass is 16.5. The Morgan fingerprint density at radius 3 is 2.88 bits per heavy atom. The van der Waals surface area contributed by atoms with Gasteiger partial charge in [-0.2, -0.15) is 4.98 Å². The summed E-state index contributed by atoms with van der Waals surface area (Å²) in [4.78, 5) is 25.1. The van der Waals surface area contributed by atoms with Crippen molar-refractivity contribution in [3.8, 4) is 0 Å². The summed E-state index contributed by atoms with van der Waals surface area (Å²) in [7, 11) is 0. The molecule has 2 aromatic rings. The Kier molecular flexibility index (Phi) is 6.30. The van der Waals surface area contributed by atoms with E-state index in [0.29, 0.717) is 44.4 Å². The first-order valence-corrected chi connectivity index (χ1v) is 8.93. The highest BCUT2D eigenvalue weighted by Gasteiger charge is 2.27. The van der Waals surface area contributed by atoms with Gasteiger partial charge in [0.1, 0.15) is 0 Å². The smallest absolute Gasteiger partial charge is 0.224 e. The SMILES string of the molecule is CCN(Cc1noc(C)n1)C(=O)CC1COCCN1Cc1ccncc1. The predicted octanol–water partition coefficient (Wildman–Crippen LogP) is 1.41. The summed E-state index contributed by atoms with van der Waals surface area (Å²) in [6.07, 6.45) is 4.00. The molecule has 1 aliphatic rings. The third kappa shape index (κ3) is 4.86. The Morgan fingerprint density at radius 2 is 2.19 bits per heavy atom. The lowest BCUT2D eigenvalue weighted by atomic mass is 10.1. The van der Waals surface area contributed by atoms with Crippen LogP contribution in [0.1, 0.15) is 30.6 Å². The van der Waals surface area contributed by atoms with E-state index in [-0.39, 0.29) is 11.9 Å². The summed E-state index contributed by atoms with van der Waals surface area (Å²) in [5, 5.41) is 3.88. The highest BCUT2D eigenvalue weighted by molar-refractivity contribution is 5.76. The summed E-state index contributed by atoms with van der Waals surface area (Å²) in [6.45, 7) is 7.53. The van der Waals surface area contributed by atoms with Crippen molar-refractivity contribution in [1.29, 1.82) is 0 Å². The van der Waals surface area contributed by atoms with E-state index in [2.05, 4.69) is 20.0 Å². The van der Waals surface area contributed by atoms with Gasteiger partial charge in [-0.3, -0.25) is 14.7 Å². The van der Waals surface area contributed by atoms with Gasteiger partial charge in [-0.25, -0.2) is 0 Å². The van der Waals surface area contributed by atoms with Crippen LogP contribution in [-0.4, -0.2) is 63.2 Å². The zero-order valence-corrected chi connectivity index (χ0v) is 15.3. The number of hydrogen-bond donors (Lipinski definition) is 0. The lowest BCUT2D eigenvalue weighted by Gasteiger charge is -2.36. The van der Waals surface area contributed by atoms with Gasteiger partial charge in [0, 0.05) is 51.4 Å². The van der Waals surface area contributed by atoms with Gasteiger partial charge >= 0.3 is 0 Å². The summed E-state index contributed by atoms with van der Waals surface area (Å²) in [5.74, 6) is 1.11. The van der Waals surface area contributed by atoms with Crippen LogP contribution in [0.5, 0.6) is 0 Å². The first kappa shape index (κ1) is 18.5. The zero-order chi connectivity index (χ0) is 18.4. The lowest BCUT2D eigenvalue weighted by Crippen LogP contribution is -2.47. The summed E-state index contributed by atoms with van der Waals surface area (Å²) in [5.41, 5.74) is 1.19. The fourth-order valence-electron chi connectivity index (χ4n) is 3.09. The van der Waals surface area contributed by atoms with E-state index in [1.54, 1.807) is 24.2 Å². The monoisotopic (exact) mass is 359 g/mol. The van der Waals surface area contributed by atoms with Crippen molar-refractivity contribution in [2.24, 2.45) is 0 Å². The van der Waals surface area contributed by atoms with Crippen molar-refractivity contribution in [3.63, 3.8) is 0 Å². The predicted molar refractivity (Wildman–Crippen MR) is 94.0 cm³/mol. The third-order valence-corrected chi connectivity index (χ3v) is 4.53. The minimum absolute atomic E-state index is 0.0606. The second-order valence-corrected chi connectivity index (χ2v) is 6.40. The standard InChI is InChI=1S/C18H25N5O3/c1-3-22(12-17-20-14(2)26-21-17)18(24)10-16-13-25-9-8-23(16)11-15-4-6-19-7-5-15/h4-7,16H,3,8-13H2,1-2H3. The molecule has 3 rings (SSSR count). The average molecular weight is 359 g/mol. The molecule has 1 fully saturated rings. The Hall–Kier alpha value is -2.32. The molecular formula is C18H25N5O3. The molecule has 2 aromatic heterocycles. The van der Waals surface area contributed by atoms with Gasteiger partial charge in [0.05, 0.1) is 19.8 Å². The number of rotatable bonds is 7. The molecule has 26 heavy (non-hydrogen) atoms. The number of ether oxygens (including phenoxy) is 1. The number of morpholine rings is 1.